The topological polar surface area (TPSA) is 73.3 Å². The average Bonchev–Trinajstić information content (AvgIpc) is 2.36. The first-order valence-corrected chi connectivity index (χ1v) is 6.10. The normalized spacial score (nSPS) is 10.8. The van der Waals surface area contributed by atoms with Crippen molar-refractivity contribution in [2.75, 3.05) is 26.2 Å². The first-order chi connectivity index (χ1) is 8.27. The fourth-order valence-electron chi connectivity index (χ4n) is 1.54. The molecule has 0 saturated heterocycles. The van der Waals surface area contributed by atoms with Gasteiger partial charge in [-0.25, -0.2) is 0 Å². The summed E-state index contributed by atoms with van der Waals surface area (Å²) in [4.78, 5) is 0. The van der Waals surface area contributed by atoms with Crippen LogP contribution in [0.3, 0.4) is 0 Å². The van der Waals surface area contributed by atoms with Gasteiger partial charge in [-0.3, -0.25) is 0 Å². The van der Waals surface area contributed by atoms with Gasteiger partial charge in [0.2, 0.25) is 0 Å². The van der Waals surface area contributed by atoms with Crippen molar-refractivity contribution in [1.29, 1.82) is 0 Å². The number of rotatable bonds is 8. The highest BCUT2D eigenvalue weighted by Gasteiger charge is 2.02. The van der Waals surface area contributed by atoms with Crippen LogP contribution in [0, 0.1) is 6.92 Å². The molecule has 0 spiro atoms. The van der Waals surface area contributed by atoms with Crippen LogP contribution in [-0.2, 0) is 0 Å². The van der Waals surface area contributed by atoms with Gasteiger partial charge in [0.15, 0.2) is 0 Å². The molecule has 1 aromatic carbocycles. The van der Waals surface area contributed by atoms with Crippen molar-refractivity contribution >= 4 is 0 Å². The van der Waals surface area contributed by atoms with Gasteiger partial charge in [0.1, 0.15) is 5.75 Å². The molecule has 0 heterocycles. The molecule has 0 fully saturated rings. The standard InChI is InChI=1S/C13H23N3O/c1-11-5-2-3-6-13(11)17-8-4-7-16-12(9-14)10-15/h2-3,5-6,12,16H,4,7-10,14-15H2,1H3. The van der Waals surface area contributed by atoms with Gasteiger partial charge in [-0.15, -0.1) is 0 Å². The Morgan fingerprint density at radius 3 is 2.59 bits per heavy atom. The summed E-state index contributed by atoms with van der Waals surface area (Å²) in [6.45, 7) is 4.79. The Morgan fingerprint density at radius 2 is 1.94 bits per heavy atom. The van der Waals surface area contributed by atoms with Crippen LogP contribution in [0.5, 0.6) is 5.75 Å². The number of nitrogens with two attached hydrogens (primary N) is 2. The molecule has 0 unspecified atom stereocenters. The van der Waals surface area contributed by atoms with Gasteiger partial charge in [0, 0.05) is 19.1 Å². The van der Waals surface area contributed by atoms with Crippen molar-refractivity contribution in [3.63, 3.8) is 0 Å². The minimum Gasteiger partial charge on any atom is -0.493 e. The van der Waals surface area contributed by atoms with Crippen molar-refractivity contribution in [1.82, 2.24) is 5.32 Å². The zero-order chi connectivity index (χ0) is 12.5. The third-order valence-corrected chi connectivity index (χ3v) is 2.67. The van der Waals surface area contributed by atoms with E-state index in [1.165, 1.54) is 5.56 Å². The highest BCUT2D eigenvalue weighted by atomic mass is 16.5. The summed E-state index contributed by atoms with van der Waals surface area (Å²) < 4.78 is 5.68. The van der Waals surface area contributed by atoms with Crippen LogP contribution in [0.15, 0.2) is 24.3 Å². The minimum atomic E-state index is 0.216. The minimum absolute atomic E-state index is 0.216. The second-order valence-electron chi connectivity index (χ2n) is 4.09. The molecule has 0 atom stereocenters. The molecule has 0 aromatic heterocycles. The Kier molecular flexibility index (Phi) is 6.62. The van der Waals surface area contributed by atoms with E-state index in [0.29, 0.717) is 19.7 Å². The van der Waals surface area contributed by atoms with E-state index in [1.807, 2.05) is 31.2 Å². The maximum absolute atomic E-state index is 5.68. The third kappa shape index (κ3) is 5.17. The van der Waals surface area contributed by atoms with Crippen molar-refractivity contribution in [3.8, 4) is 5.75 Å². The summed E-state index contributed by atoms with van der Waals surface area (Å²) >= 11 is 0. The van der Waals surface area contributed by atoms with E-state index in [1.54, 1.807) is 0 Å². The molecule has 1 rings (SSSR count). The highest BCUT2D eigenvalue weighted by Crippen LogP contribution is 2.15. The number of hydrogen-bond acceptors (Lipinski definition) is 4. The Morgan fingerprint density at radius 1 is 1.24 bits per heavy atom. The molecule has 0 aliphatic heterocycles. The first-order valence-electron chi connectivity index (χ1n) is 6.10. The van der Waals surface area contributed by atoms with Crippen molar-refractivity contribution in [3.05, 3.63) is 29.8 Å². The van der Waals surface area contributed by atoms with Crippen LogP contribution in [0.2, 0.25) is 0 Å². The monoisotopic (exact) mass is 237 g/mol. The number of aryl methyl sites for hydroxylation is 1. The number of nitrogens with one attached hydrogen (secondary N) is 1. The molecule has 1 aromatic rings. The Hall–Kier alpha value is -1.10. The van der Waals surface area contributed by atoms with E-state index in [-0.39, 0.29) is 6.04 Å². The molecule has 5 N–H and O–H groups in total. The van der Waals surface area contributed by atoms with E-state index >= 15 is 0 Å². The highest BCUT2D eigenvalue weighted by molar-refractivity contribution is 5.31. The molecular formula is C13H23N3O. The molecule has 0 amide bonds. The van der Waals surface area contributed by atoms with Crippen LogP contribution in [-0.4, -0.2) is 32.3 Å². The summed E-state index contributed by atoms with van der Waals surface area (Å²) in [7, 11) is 0. The number of benzene rings is 1. The lowest BCUT2D eigenvalue weighted by atomic mass is 10.2. The fourth-order valence-corrected chi connectivity index (χ4v) is 1.54. The summed E-state index contributed by atoms with van der Waals surface area (Å²) in [5, 5.41) is 3.29. The molecule has 0 aliphatic rings. The third-order valence-electron chi connectivity index (χ3n) is 2.67. The van der Waals surface area contributed by atoms with Gasteiger partial charge < -0.3 is 21.5 Å². The largest absolute Gasteiger partial charge is 0.493 e. The van der Waals surface area contributed by atoms with E-state index in [9.17, 15) is 0 Å². The summed E-state index contributed by atoms with van der Waals surface area (Å²) in [6, 6.07) is 8.25. The first kappa shape index (κ1) is 14.0. The number of para-hydroxylation sites is 1. The Balaban J connectivity index is 2.14. The predicted molar refractivity (Wildman–Crippen MR) is 71.2 cm³/mol. The quantitative estimate of drug-likeness (QED) is 0.580. The summed E-state index contributed by atoms with van der Waals surface area (Å²) in [5.41, 5.74) is 12.2. The van der Waals surface area contributed by atoms with Crippen LogP contribution in [0.25, 0.3) is 0 Å². The van der Waals surface area contributed by atoms with Gasteiger partial charge in [0.05, 0.1) is 6.61 Å². The summed E-state index contributed by atoms with van der Waals surface area (Å²) in [6.07, 6.45) is 0.949. The lowest BCUT2D eigenvalue weighted by molar-refractivity contribution is 0.303. The van der Waals surface area contributed by atoms with Crippen LogP contribution < -0.4 is 21.5 Å². The molecule has 0 bridgehead atoms. The number of ether oxygens (including phenoxy) is 1. The van der Waals surface area contributed by atoms with Gasteiger partial charge in [-0.05, 0) is 31.5 Å². The van der Waals surface area contributed by atoms with Gasteiger partial charge in [-0.1, -0.05) is 18.2 Å². The molecule has 0 saturated carbocycles. The molecule has 4 heteroatoms. The molecule has 96 valence electrons. The fraction of sp³-hybridized carbons (Fsp3) is 0.538. The lowest BCUT2D eigenvalue weighted by Crippen LogP contribution is -2.42. The van der Waals surface area contributed by atoms with Crippen molar-refractivity contribution in [2.24, 2.45) is 11.5 Å². The molecule has 17 heavy (non-hydrogen) atoms. The average molecular weight is 237 g/mol. The van der Waals surface area contributed by atoms with Gasteiger partial charge >= 0.3 is 0 Å². The second-order valence-corrected chi connectivity index (χ2v) is 4.09. The Labute approximate surface area is 103 Å². The zero-order valence-electron chi connectivity index (χ0n) is 10.5. The SMILES string of the molecule is Cc1ccccc1OCCCNC(CN)CN. The van der Waals surface area contributed by atoms with Crippen molar-refractivity contribution in [2.45, 2.75) is 19.4 Å². The van der Waals surface area contributed by atoms with Gasteiger partial charge in [-0.2, -0.15) is 0 Å². The van der Waals surface area contributed by atoms with E-state index < -0.39 is 0 Å². The van der Waals surface area contributed by atoms with Crippen LogP contribution >= 0.6 is 0 Å². The molecular weight excluding hydrogens is 214 g/mol. The second kappa shape index (κ2) is 8.06. The summed E-state index contributed by atoms with van der Waals surface area (Å²) in [5.74, 6) is 0.960. The van der Waals surface area contributed by atoms with Gasteiger partial charge in [0.25, 0.3) is 0 Å². The molecule has 4 nitrogen and oxygen atoms in total. The van der Waals surface area contributed by atoms with E-state index in [4.69, 9.17) is 16.2 Å². The predicted octanol–water partition coefficient (Wildman–Crippen LogP) is 0.640. The maximum Gasteiger partial charge on any atom is 0.122 e. The van der Waals surface area contributed by atoms with E-state index in [0.717, 1.165) is 18.7 Å². The molecule has 0 radical (unpaired) electrons. The number of hydrogen-bond donors (Lipinski definition) is 3. The zero-order valence-corrected chi connectivity index (χ0v) is 10.5. The van der Waals surface area contributed by atoms with Crippen LogP contribution in [0.1, 0.15) is 12.0 Å². The maximum atomic E-state index is 5.68. The Bertz CT molecular complexity index is 313. The van der Waals surface area contributed by atoms with E-state index in [2.05, 4.69) is 5.32 Å². The smallest absolute Gasteiger partial charge is 0.122 e. The molecule has 0 aliphatic carbocycles. The van der Waals surface area contributed by atoms with Crippen molar-refractivity contribution < 1.29 is 4.74 Å². The van der Waals surface area contributed by atoms with Crippen LogP contribution in [0.4, 0.5) is 0 Å². The lowest BCUT2D eigenvalue weighted by Gasteiger charge is -2.14.